The van der Waals surface area contributed by atoms with E-state index in [0.29, 0.717) is 0 Å². The molecule has 3 N–H and O–H groups in total. The Morgan fingerprint density at radius 2 is 0.960 bits per heavy atom. The molecule has 0 saturated carbocycles. The number of carboxylic acid groups (broad SMARTS) is 1. The van der Waals surface area contributed by atoms with E-state index in [1.165, 1.54) is 90.0 Å². The molecule has 0 radical (unpaired) electrons. The van der Waals surface area contributed by atoms with Crippen LogP contribution >= 0.6 is 0 Å². The van der Waals surface area contributed by atoms with Crippen molar-refractivity contribution < 1.29 is 9.90 Å². The normalized spacial score (nSPS) is 11.1. The van der Waals surface area contributed by atoms with Crippen molar-refractivity contribution in [2.24, 2.45) is 0 Å². The van der Waals surface area contributed by atoms with Gasteiger partial charge in [-0.1, -0.05) is 77.6 Å². The molecule has 0 saturated heterocycles. The number of hydrogen-bond donors (Lipinski definition) is 3. The van der Waals surface area contributed by atoms with Crippen molar-refractivity contribution in [1.29, 1.82) is 0 Å². The molecule has 25 heavy (non-hydrogen) atoms. The minimum atomic E-state index is -0.693. The molecule has 0 aromatic carbocycles. The minimum Gasteiger partial charge on any atom is -0.481 e. The average Bonchev–Trinajstić information content (AvgIpc) is 2.60. The van der Waals surface area contributed by atoms with Gasteiger partial charge in [-0.15, -0.1) is 0 Å². The first-order valence-corrected chi connectivity index (χ1v) is 10.9. The quantitative estimate of drug-likeness (QED) is 0.250. The Balaban J connectivity index is 2.97. The summed E-state index contributed by atoms with van der Waals surface area (Å²) in [7, 11) is 0. The number of unbranched alkanes of at least 4 members (excludes halogenated alkanes) is 12. The zero-order valence-corrected chi connectivity index (χ0v) is 16.8. The van der Waals surface area contributed by atoms with E-state index in [4.69, 9.17) is 5.11 Å². The largest absolute Gasteiger partial charge is 0.481 e. The molecule has 0 aromatic heterocycles. The van der Waals surface area contributed by atoms with Crippen LogP contribution in [0, 0.1) is 0 Å². The smallest absolute Gasteiger partial charge is 0.303 e. The summed E-state index contributed by atoms with van der Waals surface area (Å²) in [6, 6.07) is 0. The maximum absolute atomic E-state index is 10.4. The summed E-state index contributed by atoms with van der Waals surface area (Å²) < 4.78 is 0. The number of aliphatic carboxylic acids is 1. The van der Waals surface area contributed by atoms with E-state index >= 15 is 0 Å². The first-order chi connectivity index (χ1) is 12.3. The molecule has 0 heterocycles. The van der Waals surface area contributed by atoms with Crippen molar-refractivity contribution in [1.82, 2.24) is 10.6 Å². The van der Waals surface area contributed by atoms with Gasteiger partial charge in [-0.25, -0.2) is 0 Å². The van der Waals surface area contributed by atoms with Crippen molar-refractivity contribution in [2.45, 2.75) is 103 Å². The van der Waals surface area contributed by atoms with E-state index in [9.17, 15) is 4.79 Å². The lowest BCUT2D eigenvalue weighted by atomic mass is 10.0. The van der Waals surface area contributed by atoms with Gasteiger partial charge in [0.15, 0.2) is 0 Å². The Morgan fingerprint density at radius 1 is 0.600 bits per heavy atom. The maximum atomic E-state index is 10.4. The summed E-state index contributed by atoms with van der Waals surface area (Å²) in [4.78, 5) is 10.4. The monoisotopic (exact) mass is 356 g/mol. The van der Waals surface area contributed by atoms with Crippen molar-refractivity contribution >= 4 is 5.97 Å². The van der Waals surface area contributed by atoms with E-state index < -0.39 is 5.97 Å². The highest BCUT2D eigenvalue weighted by molar-refractivity contribution is 5.66. The highest BCUT2D eigenvalue weighted by Gasteiger charge is 1.96. The molecular formula is C21H44N2O2. The fraction of sp³-hybridized carbons (Fsp3) is 0.952. The number of hydrogen-bond acceptors (Lipinski definition) is 3. The van der Waals surface area contributed by atoms with Crippen LogP contribution in [0.4, 0.5) is 0 Å². The van der Waals surface area contributed by atoms with Crippen molar-refractivity contribution in [3.63, 3.8) is 0 Å². The van der Waals surface area contributed by atoms with Gasteiger partial charge in [-0.05, 0) is 45.4 Å². The molecule has 0 spiro atoms. The van der Waals surface area contributed by atoms with Gasteiger partial charge in [0.05, 0.1) is 0 Å². The lowest BCUT2D eigenvalue weighted by Crippen LogP contribution is -2.17. The molecule has 0 aliphatic heterocycles. The van der Waals surface area contributed by atoms with Crippen LogP contribution in [-0.4, -0.2) is 37.3 Å². The topological polar surface area (TPSA) is 61.4 Å². The van der Waals surface area contributed by atoms with Gasteiger partial charge >= 0.3 is 5.97 Å². The van der Waals surface area contributed by atoms with Gasteiger partial charge in [-0.2, -0.15) is 0 Å². The van der Waals surface area contributed by atoms with Crippen molar-refractivity contribution in [2.75, 3.05) is 26.2 Å². The van der Waals surface area contributed by atoms with Gasteiger partial charge in [0.25, 0.3) is 0 Å². The predicted molar refractivity (Wildman–Crippen MR) is 108 cm³/mol. The van der Waals surface area contributed by atoms with Crippen molar-refractivity contribution in [3.05, 3.63) is 0 Å². The summed E-state index contributed by atoms with van der Waals surface area (Å²) >= 11 is 0. The van der Waals surface area contributed by atoms with Crippen molar-refractivity contribution in [3.8, 4) is 0 Å². The Morgan fingerprint density at radius 3 is 1.36 bits per heavy atom. The molecule has 150 valence electrons. The van der Waals surface area contributed by atoms with Gasteiger partial charge in [0.1, 0.15) is 0 Å². The number of carboxylic acids is 1. The highest BCUT2D eigenvalue weighted by atomic mass is 16.4. The molecule has 0 fully saturated rings. The van der Waals surface area contributed by atoms with E-state index in [0.717, 1.165) is 26.1 Å². The highest BCUT2D eigenvalue weighted by Crippen LogP contribution is 2.12. The molecule has 0 unspecified atom stereocenters. The Bertz CT molecular complexity index is 273. The Kier molecular flexibility index (Phi) is 20.9. The lowest BCUT2D eigenvalue weighted by Gasteiger charge is -2.05. The van der Waals surface area contributed by atoms with Crippen LogP contribution in [0.15, 0.2) is 0 Å². The first kappa shape index (κ1) is 24.4. The van der Waals surface area contributed by atoms with E-state index in [1.807, 2.05) is 0 Å². The average molecular weight is 357 g/mol. The summed E-state index contributed by atoms with van der Waals surface area (Å²) in [6.07, 6.45) is 18.9. The Labute approximate surface area is 156 Å². The predicted octanol–water partition coefficient (Wildman–Crippen LogP) is 5.12. The molecule has 0 aliphatic rings. The Hall–Kier alpha value is -0.610. The number of rotatable bonds is 21. The van der Waals surface area contributed by atoms with Crippen LogP contribution in [0.2, 0.25) is 0 Å². The van der Waals surface area contributed by atoms with E-state index in [1.54, 1.807) is 0 Å². The summed E-state index contributed by atoms with van der Waals surface area (Å²) in [5, 5.41) is 15.2. The van der Waals surface area contributed by atoms with Gasteiger partial charge in [0, 0.05) is 6.42 Å². The fourth-order valence-electron chi connectivity index (χ4n) is 3.11. The van der Waals surface area contributed by atoms with Crippen LogP contribution in [0.5, 0.6) is 0 Å². The van der Waals surface area contributed by atoms with Gasteiger partial charge in [0.2, 0.25) is 0 Å². The standard InChI is InChI=1S/C21H44N2O2/c1-2-22-18-14-12-10-8-6-4-3-5-7-9-11-13-15-19-23-20-16-17-21(24)25/h22-23H,2-20H2,1H3,(H,24,25). The maximum Gasteiger partial charge on any atom is 0.303 e. The molecule has 0 aromatic rings. The molecule has 0 rings (SSSR count). The van der Waals surface area contributed by atoms with E-state index in [-0.39, 0.29) is 6.42 Å². The fourth-order valence-corrected chi connectivity index (χ4v) is 3.11. The third-order valence-electron chi connectivity index (χ3n) is 4.70. The molecule has 0 amide bonds. The van der Waals surface area contributed by atoms with Crippen LogP contribution < -0.4 is 10.6 Å². The molecule has 0 aliphatic carbocycles. The second kappa shape index (κ2) is 21.4. The molecule has 0 atom stereocenters. The van der Waals surface area contributed by atoms with Crippen LogP contribution in [0.3, 0.4) is 0 Å². The molecule has 4 nitrogen and oxygen atoms in total. The molecule has 4 heteroatoms. The third kappa shape index (κ3) is 23.4. The van der Waals surface area contributed by atoms with Crippen LogP contribution in [0.1, 0.15) is 103 Å². The van der Waals surface area contributed by atoms with Crippen LogP contribution in [0.25, 0.3) is 0 Å². The van der Waals surface area contributed by atoms with Gasteiger partial charge in [-0.3, -0.25) is 4.79 Å². The molecule has 0 bridgehead atoms. The zero-order chi connectivity index (χ0) is 18.4. The van der Waals surface area contributed by atoms with Crippen LogP contribution in [-0.2, 0) is 4.79 Å². The van der Waals surface area contributed by atoms with E-state index in [2.05, 4.69) is 17.6 Å². The zero-order valence-electron chi connectivity index (χ0n) is 16.8. The summed E-state index contributed by atoms with van der Waals surface area (Å²) in [5.41, 5.74) is 0. The van der Waals surface area contributed by atoms with Gasteiger partial charge < -0.3 is 15.7 Å². The molecular weight excluding hydrogens is 312 g/mol. The summed E-state index contributed by atoms with van der Waals surface area (Å²) in [5.74, 6) is -0.693. The number of nitrogens with one attached hydrogen (secondary N) is 2. The first-order valence-electron chi connectivity index (χ1n) is 10.9. The second-order valence-electron chi connectivity index (χ2n) is 7.20. The lowest BCUT2D eigenvalue weighted by molar-refractivity contribution is -0.137. The SMILES string of the molecule is CCNCCCCCCCCCCCCCCCNCCCC(=O)O. The number of carbonyl (C=O) groups is 1. The third-order valence-corrected chi connectivity index (χ3v) is 4.70. The summed E-state index contributed by atoms with van der Waals surface area (Å²) in [6.45, 7) is 6.34. The second-order valence-corrected chi connectivity index (χ2v) is 7.20. The minimum absolute atomic E-state index is 0.281.